The molecule has 0 saturated carbocycles. The number of hydrogen-bond acceptors (Lipinski definition) is 7. The number of carbonyl (C=O) groups is 1. The number of rotatable bonds is 5. The molecule has 4 heterocycles. The van der Waals surface area contributed by atoms with Gasteiger partial charge in [0.2, 0.25) is 0 Å². The molecule has 1 aliphatic heterocycles. The molecular weight excluding hydrogens is 432 g/mol. The number of anilines is 1. The van der Waals surface area contributed by atoms with E-state index >= 15 is 0 Å². The fourth-order valence-corrected chi connectivity index (χ4v) is 4.13. The van der Waals surface area contributed by atoms with Crippen molar-refractivity contribution in [2.75, 3.05) is 18.2 Å². The van der Waals surface area contributed by atoms with Gasteiger partial charge in [-0.1, -0.05) is 18.2 Å². The lowest BCUT2D eigenvalue weighted by Crippen LogP contribution is -2.28. The summed E-state index contributed by atoms with van der Waals surface area (Å²) in [7, 11) is 0. The number of aromatic nitrogens is 4. The quantitative estimate of drug-likeness (QED) is 0.348. The first-order valence-corrected chi connectivity index (χ1v) is 10.8. The first-order chi connectivity index (χ1) is 16.5. The van der Waals surface area contributed by atoms with Gasteiger partial charge >= 0.3 is 6.09 Å². The number of nitrogens with zero attached hydrogens (tertiary/aromatic N) is 6. The fraction of sp³-hybridized carbons (Fsp3) is 0.208. The molecule has 1 fully saturated rings. The van der Waals surface area contributed by atoms with Gasteiger partial charge in [0.15, 0.2) is 5.65 Å². The molecule has 0 unspecified atom stereocenters. The monoisotopic (exact) mass is 456 g/mol. The summed E-state index contributed by atoms with van der Waals surface area (Å²) >= 11 is 0. The van der Waals surface area contributed by atoms with Crippen molar-refractivity contribution in [1.29, 1.82) is 0 Å². The van der Waals surface area contributed by atoms with Gasteiger partial charge < -0.3 is 16.2 Å². The van der Waals surface area contributed by atoms with Crippen LogP contribution in [0.5, 0.6) is 0 Å². The summed E-state index contributed by atoms with van der Waals surface area (Å²) in [5.41, 5.74) is 17.5. The van der Waals surface area contributed by atoms with Gasteiger partial charge in [-0.2, -0.15) is 5.10 Å². The molecule has 4 aromatic rings. The molecule has 1 atom stereocenters. The maximum atomic E-state index is 12.7. The number of aliphatic imine (C=N–C) groups is 1. The van der Waals surface area contributed by atoms with E-state index in [9.17, 15) is 4.79 Å². The van der Waals surface area contributed by atoms with Gasteiger partial charge in [0.25, 0.3) is 0 Å². The highest BCUT2D eigenvalue weighted by atomic mass is 16.6. The van der Waals surface area contributed by atoms with Crippen LogP contribution < -0.4 is 16.4 Å². The minimum Gasteiger partial charge on any atom is -0.446 e. The van der Waals surface area contributed by atoms with Crippen LogP contribution in [0.4, 0.5) is 10.6 Å². The first kappa shape index (κ1) is 21.5. The van der Waals surface area contributed by atoms with Crippen LogP contribution >= 0.6 is 0 Å². The minimum absolute atomic E-state index is 0.131. The van der Waals surface area contributed by atoms with Crippen molar-refractivity contribution in [3.63, 3.8) is 0 Å². The van der Waals surface area contributed by atoms with Crippen molar-refractivity contribution in [3.05, 3.63) is 77.4 Å². The summed E-state index contributed by atoms with van der Waals surface area (Å²) in [4.78, 5) is 27.5. The zero-order valence-electron chi connectivity index (χ0n) is 18.8. The van der Waals surface area contributed by atoms with E-state index in [2.05, 4.69) is 15.1 Å². The Morgan fingerprint density at radius 2 is 2.09 bits per heavy atom. The fourth-order valence-electron chi connectivity index (χ4n) is 4.13. The molecule has 4 N–H and O–H groups in total. The molecule has 1 aliphatic rings. The van der Waals surface area contributed by atoms with Crippen molar-refractivity contribution < 1.29 is 9.53 Å². The van der Waals surface area contributed by atoms with Crippen LogP contribution in [0.15, 0.2) is 60.0 Å². The maximum Gasteiger partial charge on any atom is 0.416 e. The van der Waals surface area contributed by atoms with Crippen molar-refractivity contribution in [2.24, 2.45) is 16.5 Å². The second-order valence-corrected chi connectivity index (χ2v) is 8.09. The van der Waals surface area contributed by atoms with E-state index in [-0.39, 0.29) is 19.3 Å². The molecule has 0 aliphatic carbocycles. The second kappa shape index (κ2) is 8.56. The van der Waals surface area contributed by atoms with Gasteiger partial charge in [-0.25, -0.2) is 19.2 Å². The number of amidine groups is 1. The Morgan fingerprint density at radius 1 is 1.24 bits per heavy atom. The second-order valence-electron chi connectivity index (χ2n) is 8.09. The molecule has 0 bridgehead atoms. The Balaban J connectivity index is 1.55. The summed E-state index contributed by atoms with van der Waals surface area (Å²) in [5.74, 6) is 0.868. The van der Waals surface area contributed by atoms with Crippen molar-refractivity contribution >= 4 is 23.4 Å². The largest absolute Gasteiger partial charge is 0.446 e. The zero-order chi connectivity index (χ0) is 23.8. The lowest BCUT2D eigenvalue weighted by atomic mass is 10.0. The van der Waals surface area contributed by atoms with E-state index in [1.807, 2.05) is 44.2 Å². The van der Waals surface area contributed by atoms with E-state index in [1.165, 1.54) is 4.90 Å². The summed E-state index contributed by atoms with van der Waals surface area (Å²) in [5, 5.41) is 4.43. The van der Waals surface area contributed by atoms with Gasteiger partial charge in [0.05, 0.1) is 18.6 Å². The van der Waals surface area contributed by atoms with Crippen molar-refractivity contribution in [1.82, 2.24) is 19.6 Å². The number of benzene rings is 1. The van der Waals surface area contributed by atoms with E-state index in [1.54, 1.807) is 29.2 Å². The lowest BCUT2D eigenvalue weighted by Gasteiger charge is -2.20. The molecule has 1 amide bonds. The maximum absolute atomic E-state index is 12.7. The van der Waals surface area contributed by atoms with Crippen LogP contribution in [0.3, 0.4) is 0 Å². The average molecular weight is 457 g/mol. The summed E-state index contributed by atoms with van der Waals surface area (Å²) < 4.78 is 7.03. The van der Waals surface area contributed by atoms with Crippen LogP contribution in [0.1, 0.15) is 28.4 Å². The van der Waals surface area contributed by atoms with Gasteiger partial charge in [0, 0.05) is 23.5 Å². The summed E-state index contributed by atoms with van der Waals surface area (Å²) in [6, 6.07) is 11.1. The normalized spacial score (nSPS) is 16.3. The highest BCUT2D eigenvalue weighted by Crippen LogP contribution is 2.33. The molecule has 5 rings (SSSR count). The molecule has 10 heteroatoms. The third kappa shape index (κ3) is 3.73. The number of carbonyl (C=O) groups excluding carboxylic acids is 1. The SMILES string of the molecule is Cc1ccnc([C@H]2COC(=O)N2c2ccn3ncc(-c4ccc(/C(N)=N/CN)c(C)c4)c3n2)c1. The standard InChI is InChI=1S/C24H24N8O2/c1-14-5-7-27-19(9-14)20-12-34-24(33)32(20)21-6-8-31-23(30-21)18(11-29-31)16-3-4-17(15(2)10-16)22(26)28-13-25/h3-11,20H,12-13,25H2,1-2H3,(H2,26,28)/t20-/m1/s1. The molecule has 3 aromatic heterocycles. The van der Waals surface area contributed by atoms with Gasteiger partial charge in [-0.15, -0.1) is 0 Å². The number of hydrogen-bond donors (Lipinski definition) is 2. The van der Waals surface area contributed by atoms with Gasteiger partial charge in [-0.3, -0.25) is 9.98 Å². The van der Waals surface area contributed by atoms with Crippen LogP contribution in [0.2, 0.25) is 0 Å². The van der Waals surface area contributed by atoms with Gasteiger partial charge in [0.1, 0.15) is 24.3 Å². The van der Waals surface area contributed by atoms with Crippen LogP contribution in [0, 0.1) is 13.8 Å². The first-order valence-electron chi connectivity index (χ1n) is 10.8. The summed E-state index contributed by atoms with van der Waals surface area (Å²) in [6.45, 7) is 4.28. The van der Waals surface area contributed by atoms with E-state index in [4.69, 9.17) is 21.2 Å². The molecule has 0 spiro atoms. The van der Waals surface area contributed by atoms with Crippen LogP contribution in [-0.4, -0.2) is 44.8 Å². The van der Waals surface area contributed by atoms with E-state index in [0.29, 0.717) is 17.3 Å². The lowest BCUT2D eigenvalue weighted by molar-refractivity contribution is 0.178. The molecule has 1 aromatic carbocycles. The van der Waals surface area contributed by atoms with Crippen molar-refractivity contribution in [3.8, 4) is 11.1 Å². The predicted octanol–water partition coefficient (Wildman–Crippen LogP) is 2.73. The molecule has 172 valence electrons. The smallest absolute Gasteiger partial charge is 0.416 e. The molecule has 34 heavy (non-hydrogen) atoms. The molecule has 10 nitrogen and oxygen atoms in total. The van der Waals surface area contributed by atoms with E-state index < -0.39 is 6.09 Å². The Bertz CT molecular complexity index is 1430. The number of pyridine rings is 1. The Morgan fingerprint density at radius 3 is 2.85 bits per heavy atom. The molecule has 0 radical (unpaired) electrons. The third-order valence-corrected chi connectivity index (χ3v) is 5.83. The predicted molar refractivity (Wildman–Crippen MR) is 128 cm³/mol. The van der Waals surface area contributed by atoms with Crippen molar-refractivity contribution in [2.45, 2.75) is 19.9 Å². The van der Waals surface area contributed by atoms with Crippen LogP contribution in [-0.2, 0) is 4.74 Å². The van der Waals surface area contributed by atoms with E-state index in [0.717, 1.165) is 33.5 Å². The average Bonchev–Trinajstić information content (AvgIpc) is 3.42. The highest BCUT2D eigenvalue weighted by Gasteiger charge is 2.37. The van der Waals surface area contributed by atoms with Gasteiger partial charge in [-0.05, 0) is 48.7 Å². The summed E-state index contributed by atoms with van der Waals surface area (Å²) in [6.07, 6.45) is 4.80. The third-order valence-electron chi connectivity index (χ3n) is 5.83. The number of amides is 1. The number of fused-ring (bicyclic) bond motifs is 1. The van der Waals surface area contributed by atoms with Crippen LogP contribution in [0.25, 0.3) is 16.8 Å². The zero-order valence-corrected chi connectivity index (χ0v) is 18.8. The Kier molecular flexibility index (Phi) is 5.42. The number of ether oxygens (including phenoxy) is 1. The highest BCUT2D eigenvalue weighted by molar-refractivity contribution is 5.99. The minimum atomic E-state index is -0.457. The Hall–Kier alpha value is -4.31. The molecule has 1 saturated heterocycles. The number of cyclic esters (lactones) is 1. The topological polar surface area (TPSA) is 137 Å². The Labute approximate surface area is 195 Å². The number of nitrogens with two attached hydrogens (primary N) is 2. The molecular formula is C24H24N8O2. The number of aryl methyl sites for hydroxylation is 2.